The van der Waals surface area contributed by atoms with Crippen LogP contribution in [0.15, 0.2) is 0 Å². The Kier molecular flexibility index (Phi) is 8.36. The summed E-state index contributed by atoms with van der Waals surface area (Å²) in [4.78, 5) is 33.6. The van der Waals surface area contributed by atoms with Crippen LogP contribution in [0.5, 0.6) is 0 Å². The van der Waals surface area contributed by atoms with Crippen LogP contribution in [0.2, 0.25) is 25.7 Å². The Morgan fingerprint density at radius 2 is 1.60 bits per heavy atom. The Bertz CT molecular complexity index is 480. The SMILES string of the molecule is CC(=O)O[C@@H]1[C@H](Cl)[C@@H](OC=O)[C@H](OC(C)=O)[C@H]1COCC[Si](C)(C)C. The highest BCUT2D eigenvalue weighted by Crippen LogP contribution is 2.37. The monoisotopic (exact) mass is 394 g/mol. The molecule has 0 amide bonds. The second-order valence-corrected chi connectivity index (χ2v) is 13.5. The van der Waals surface area contributed by atoms with Gasteiger partial charge >= 0.3 is 11.9 Å². The third-order valence-corrected chi connectivity index (χ3v) is 6.12. The minimum absolute atomic E-state index is 0.183. The maximum atomic E-state index is 11.4. The molecule has 0 spiro atoms. The highest BCUT2D eigenvalue weighted by atomic mass is 35.5. The Morgan fingerprint density at radius 1 is 1.04 bits per heavy atom. The van der Waals surface area contributed by atoms with Crippen LogP contribution in [0.3, 0.4) is 0 Å². The van der Waals surface area contributed by atoms with E-state index in [1.54, 1.807) is 0 Å². The molecule has 0 aliphatic heterocycles. The summed E-state index contributed by atoms with van der Waals surface area (Å²) in [6, 6.07) is 0.967. The molecule has 1 fully saturated rings. The van der Waals surface area contributed by atoms with Crippen LogP contribution < -0.4 is 0 Å². The highest BCUT2D eigenvalue weighted by Gasteiger charge is 2.55. The van der Waals surface area contributed by atoms with Gasteiger partial charge in [0, 0.05) is 28.5 Å². The predicted molar refractivity (Wildman–Crippen MR) is 94.1 cm³/mol. The molecule has 9 heteroatoms. The van der Waals surface area contributed by atoms with Crippen LogP contribution in [-0.2, 0) is 33.3 Å². The molecule has 5 atom stereocenters. The van der Waals surface area contributed by atoms with Crippen LogP contribution >= 0.6 is 11.6 Å². The summed E-state index contributed by atoms with van der Waals surface area (Å²) in [5.74, 6) is -1.57. The molecule has 25 heavy (non-hydrogen) atoms. The summed E-state index contributed by atoms with van der Waals surface area (Å²) >= 11 is 6.32. The van der Waals surface area contributed by atoms with E-state index in [0.717, 1.165) is 6.04 Å². The van der Waals surface area contributed by atoms with Gasteiger partial charge < -0.3 is 18.9 Å². The maximum Gasteiger partial charge on any atom is 0.303 e. The molecule has 1 aliphatic rings. The van der Waals surface area contributed by atoms with Crippen molar-refractivity contribution in [1.82, 2.24) is 0 Å². The number of hydrogen-bond donors (Lipinski definition) is 0. The normalized spacial score (nSPS) is 29.1. The number of carbonyl (C=O) groups excluding carboxylic acids is 3. The van der Waals surface area contributed by atoms with Crippen molar-refractivity contribution in [1.29, 1.82) is 0 Å². The van der Waals surface area contributed by atoms with Crippen molar-refractivity contribution in [3.8, 4) is 0 Å². The predicted octanol–water partition coefficient (Wildman–Crippen LogP) is 1.98. The average molecular weight is 395 g/mol. The summed E-state index contributed by atoms with van der Waals surface area (Å²) < 4.78 is 21.3. The fourth-order valence-electron chi connectivity index (χ4n) is 2.73. The first-order valence-corrected chi connectivity index (χ1v) is 12.4. The zero-order chi connectivity index (χ0) is 19.2. The topological polar surface area (TPSA) is 88.1 Å². The zero-order valence-electron chi connectivity index (χ0n) is 15.3. The third kappa shape index (κ3) is 6.95. The number of halogens is 1. The number of hydrogen-bond acceptors (Lipinski definition) is 7. The lowest BCUT2D eigenvalue weighted by molar-refractivity contribution is -0.162. The van der Waals surface area contributed by atoms with Gasteiger partial charge in [-0.05, 0) is 6.04 Å². The van der Waals surface area contributed by atoms with Gasteiger partial charge in [-0.15, -0.1) is 11.6 Å². The van der Waals surface area contributed by atoms with Crippen molar-refractivity contribution < 1.29 is 33.3 Å². The average Bonchev–Trinajstić information content (AvgIpc) is 2.68. The zero-order valence-corrected chi connectivity index (χ0v) is 17.1. The molecule has 1 saturated carbocycles. The molecule has 0 radical (unpaired) electrons. The van der Waals surface area contributed by atoms with Crippen LogP contribution in [0, 0.1) is 5.92 Å². The molecule has 0 bridgehead atoms. The van der Waals surface area contributed by atoms with Crippen molar-refractivity contribution in [3.63, 3.8) is 0 Å². The summed E-state index contributed by atoms with van der Waals surface area (Å²) in [7, 11) is -1.25. The molecular formula is C16H27ClO7Si. The van der Waals surface area contributed by atoms with Crippen molar-refractivity contribution in [2.75, 3.05) is 13.2 Å². The third-order valence-electron chi connectivity index (χ3n) is 3.92. The second-order valence-electron chi connectivity index (χ2n) is 7.34. The fourth-order valence-corrected chi connectivity index (χ4v) is 3.93. The molecule has 144 valence electrons. The number of carbonyl (C=O) groups is 3. The first-order chi connectivity index (χ1) is 11.6. The molecule has 0 aromatic carbocycles. The molecule has 0 heterocycles. The van der Waals surface area contributed by atoms with Gasteiger partial charge in [-0.25, -0.2) is 0 Å². The number of ether oxygens (including phenoxy) is 4. The van der Waals surface area contributed by atoms with E-state index in [0.29, 0.717) is 6.61 Å². The molecule has 1 rings (SSSR count). The summed E-state index contributed by atoms with van der Waals surface area (Å²) in [6.45, 7) is 10.2. The minimum atomic E-state index is -1.25. The van der Waals surface area contributed by atoms with Crippen molar-refractivity contribution >= 4 is 38.1 Å². The van der Waals surface area contributed by atoms with E-state index < -0.39 is 49.6 Å². The molecule has 0 unspecified atom stereocenters. The van der Waals surface area contributed by atoms with Gasteiger partial charge in [-0.1, -0.05) is 19.6 Å². The van der Waals surface area contributed by atoms with Gasteiger partial charge in [0.25, 0.3) is 6.47 Å². The first-order valence-electron chi connectivity index (χ1n) is 8.22. The van der Waals surface area contributed by atoms with E-state index in [2.05, 4.69) is 19.6 Å². The molecule has 7 nitrogen and oxygen atoms in total. The lowest BCUT2D eigenvalue weighted by atomic mass is 10.0. The molecule has 0 saturated heterocycles. The molecule has 0 N–H and O–H groups in total. The van der Waals surface area contributed by atoms with Gasteiger partial charge in [-0.3, -0.25) is 14.4 Å². The summed E-state index contributed by atoms with van der Waals surface area (Å²) in [5.41, 5.74) is 0. The first kappa shape index (κ1) is 21.9. The Labute approximate surface area is 154 Å². The quantitative estimate of drug-likeness (QED) is 0.147. The van der Waals surface area contributed by atoms with Crippen LogP contribution in [0.25, 0.3) is 0 Å². The lowest BCUT2D eigenvalue weighted by Crippen LogP contribution is -2.37. The van der Waals surface area contributed by atoms with Gasteiger partial charge in [0.15, 0.2) is 6.10 Å². The van der Waals surface area contributed by atoms with Crippen LogP contribution in [0.1, 0.15) is 13.8 Å². The van der Waals surface area contributed by atoms with Crippen LogP contribution in [-0.4, -0.2) is 63.4 Å². The van der Waals surface area contributed by atoms with Gasteiger partial charge in [-0.2, -0.15) is 0 Å². The number of esters is 2. The smallest absolute Gasteiger partial charge is 0.303 e. The van der Waals surface area contributed by atoms with Crippen LogP contribution in [0.4, 0.5) is 0 Å². The number of alkyl halides is 1. The lowest BCUT2D eigenvalue weighted by Gasteiger charge is -2.25. The summed E-state index contributed by atoms with van der Waals surface area (Å²) in [5, 5.41) is -0.830. The van der Waals surface area contributed by atoms with E-state index in [9.17, 15) is 14.4 Å². The van der Waals surface area contributed by atoms with Gasteiger partial charge in [0.05, 0.1) is 12.5 Å². The minimum Gasteiger partial charge on any atom is -0.460 e. The molecular weight excluding hydrogens is 368 g/mol. The standard InChI is InChI=1S/C16H27ClO7Si/c1-10(19)23-14-12(8-21-6-7-25(3,4)5)15(24-11(2)20)16(13(14)17)22-9-18/h9,12-16H,6-8H2,1-5H3/t12-,13-,14-,15+,16+/m0/s1. The van der Waals surface area contributed by atoms with E-state index in [1.807, 2.05) is 0 Å². The fraction of sp³-hybridized carbons (Fsp3) is 0.812. The summed E-state index contributed by atoms with van der Waals surface area (Å²) in [6.07, 6.45) is -2.51. The molecule has 0 aromatic rings. The van der Waals surface area contributed by atoms with E-state index in [4.69, 9.17) is 30.5 Å². The van der Waals surface area contributed by atoms with E-state index in [-0.39, 0.29) is 13.1 Å². The van der Waals surface area contributed by atoms with Crippen molar-refractivity contribution in [2.24, 2.45) is 5.92 Å². The molecule has 0 aromatic heterocycles. The van der Waals surface area contributed by atoms with Gasteiger partial charge in [0.1, 0.15) is 17.6 Å². The second kappa shape index (κ2) is 9.54. The van der Waals surface area contributed by atoms with E-state index >= 15 is 0 Å². The Morgan fingerprint density at radius 3 is 2.08 bits per heavy atom. The highest BCUT2D eigenvalue weighted by molar-refractivity contribution is 6.76. The van der Waals surface area contributed by atoms with Gasteiger partial charge in [0.2, 0.25) is 0 Å². The van der Waals surface area contributed by atoms with E-state index in [1.165, 1.54) is 13.8 Å². The largest absolute Gasteiger partial charge is 0.460 e. The molecule has 1 aliphatic carbocycles. The Hall–Kier alpha value is -1.12. The maximum absolute atomic E-state index is 11.4. The Balaban J connectivity index is 2.89. The number of rotatable bonds is 9. The van der Waals surface area contributed by atoms with Crippen molar-refractivity contribution in [3.05, 3.63) is 0 Å². The van der Waals surface area contributed by atoms with Crippen molar-refractivity contribution in [2.45, 2.75) is 63.2 Å².